The summed E-state index contributed by atoms with van der Waals surface area (Å²) in [5, 5.41) is 2.19. The average molecular weight is 315 g/mol. The van der Waals surface area contributed by atoms with Gasteiger partial charge in [0.2, 0.25) is 0 Å². The molecular weight excluding hydrogens is 292 g/mol. The summed E-state index contributed by atoms with van der Waals surface area (Å²) in [6, 6.07) is 4.44. The number of alkyl halides is 1. The molecule has 1 saturated carbocycles. The lowest BCUT2D eigenvalue weighted by molar-refractivity contribution is 0.228. The molecule has 1 aromatic rings. The van der Waals surface area contributed by atoms with E-state index in [9.17, 15) is 0 Å². The van der Waals surface area contributed by atoms with Crippen LogP contribution in [0, 0.1) is 11.3 Å². The van der Waals surface area contributed by atoms with Gasteiger partial charge in [-0.1, -0.05) is 48.7 Å². The molecule has 0 nitrogen and oxygen atoms in total. The summed E-state index contributed by atoms with van der Waals surface area (Å²) >= 11 is 5.92. The molecule has 96 valence electrons. The number of hydrogen-bond acceptors (Lipinski definition) is 1. The van der Waals surface area contributed by atoms with Crippen LogP contribution in [0.15, 0.2) is 17.5 Å². The van der Waals surface area contributed by atoms with Crippen LogP contribution in [0.25, 0.3) is 0 Å². The molecule has 0 aromatic carbocycles. The SMILES string of the molecule is CC(C)CC1(C(Br)Cc2cccs2)CCCC1. The monoisotopic (exact) mass is 314 g/mol. The third-order valence-corrected chi connectivity index (χ3v) is 6.23. The number of hydrogen-bond donors (Lipinski definition) is 0. The summed E-state index contributed by atoms with van der Waals surface area (Å²) in [6.07, 6.45) is 8.30. The largest absolute Gasteiger partial charge is 0.149 e. The molecule has 1 heterocycles. The Kier molecular flexibility index (Phi) is 4.71. The van der Waals surface area contributed by atoms with Crippen LogP contribution < -0.4 is 0 Å². The van der Waals surface area contributed by atoms with Crippen molar-refractivity contribution in [2.45, 2.75) is 57.2 Å². The molecule has 1 fully saturated rings. The predicted molar refractivity (Wildman–Crippen MR) is 81.1 cm³/mol. The van der Waals surface area contributed by atoms with Crippen LogP contribution in [-0.4, -0.2) is 4.83 Å². The summed E-state index contributed by atoms with van der Waals surface area (Å²) in [5.74, 6) is 0.816. The standard InChI is InChI=1S/C15H23BrS/c1-12(2)11-15(7-3-4-8-15)14(16)10-13-6-5-9-17-13/h5-6,9,12,14H,3-4,7-8,10-11H2,1-2H3. The van der Waals surface area contributed by atoms with Gasteiger partial charge in [-0.3, -0.25) is 0 Å². The fourth-order valence-electron chi connectivity index (χ4n) is 3.36. The molecule has 0 spiro atoms. The van der Waals surface area contributed by atoms with Gasteiger partial charge < -0.3 is 0 Å². The molecule has 2 rings (SSSR count). The van der Waals surface area contributed by atoms with Crippen molar-refractivity contribution in [3.63, 3.8) is 0 Å². The first kappa shape index (κ1) is 13.6. The van der Waals surface area contributed by atoms with Crippen LogP contribution in [0.5, 0.6) is 0 Å². The van der Waals surface area contributed by atoms with Crippen LogP contribution in [0.2, 0.25) is 0 Å². The number of thiophene rings is 1. The van der Waals surface area contributed by atoms with E-state index in [1.165, 1.54) is 43.4 Å². The Balaban J connectivity index is 2.05. The molecule has 1 aromatic heterocycles. The van der Waals surface area contributed by atoms with Gasteiger partial charge in [0.05, 0.1) is 0 Å². The van der Waals surface area contributed by atoms with E-state index in [0.717, 1.165) is 5.92 Å². The maximum Gasteiger partial charge on any atom is 0.0250 e. The van der Waals surface area contributed by atoms with Gasteiger partial charge in [0.1, 0.15) is 0 Å². The van der Waals surface area contributed by atoms with Crippen LogP contribution in [-0.2, 0) is 6.42 Å². The summed E-state index contributed by atoms with van der Waals surface area (Å²) in [5.41, 5.74) is 0.568. The van der Waals surface area contributed by atoms with Crippen LogP contribution >= 0.6 is 27.3 Å². The Labute approximate surface area is 118 Å². The minimum atomic E-state index is 0.568. The summed E-state index contributed by atoms with van der Waals surface area (Å²) in [7, 11) is 0. The number of rotatable bonds is 5. The molecule has 0 amide bonds. The molecule has 0 N–H and O–H groups in total. The third-order valence-electron chi connectivity index (χ3n) is 4.04. The fraction of sp³-hybridized carbons (Fsp3) is 0.733. The second kappa shape index (κ2) is 5.88. The van der Waals surface area contributed by atoms with Crippen LogP contribution in [0.4, 0.5) is 0 Å². The highest BCUT2D eigenvalue weighted by Crippen LogP contribution is 2.49. The lowest BCUT2D eigenvalue weighted by atomic mass is 9.75. The number of halogens is 1. The zero-order valence-corrected chi connectivity index (χ0v) is 13.3. The zero-order valence-electron chi connectivity index (χ0n) is 10.9. The van der Waals surface area contributed by atoms with Crippen molar-refractivity contribution in [2.24, 2.45) is 11.3 Å². The molecule has 2 heteroatoms. The van der Waals surface area contributed by atoms with Gasteiger partial charge in [-0.25, -0.2) is 0 Å². The van der Waals surface area contributed by atoms with Crippen LogP contribution in [0.3, 0.4) is 0 Å². The van der Waals surface area contributed by atoms with Crippen molar-refractivity contribution < 1.29 is 0 Å². The Morgan fingerprint density at radius 1 is 1.35 bits per heavy atom. The first-order valence-electron chi connectivity index (χ1n) is 6.79. The van der Waals surface area contributed by atoms with Crippen molar-refractivity contribution in [3.8, 4) is 0 Å². The Morgan fingerprint density at radius 2 is 2.06 bits per heavy atom. The minimum absolute atomic E-state index is 0.568. The lowest BCUT2D eigenvalue weighted by Crippen LogP contribution is -2.31. The van der Waals surface area contributed by atoms with Gasteiger partial charge in [-0.15, -0.1) is 11.3 Å². The Bertz CT molecular complexity index is 323. The van der Waals surface area contributed by atoms with Gasteiger partial charge in [0, 0.05) is 9.70 Å². The van der Waals surface area contributed by atoms with E-state index in [1.54, 1.807) is 0 Å². The highest BCUT2D eigenvalue weighted by Gasteiger charge is 2.40. The highest BCUT2D eigenvalue weighted by molar-refractivity contribution is 9.09. The fourth-order valence-corrected chi connectivity index (χ4v) is 5.32. The van der Waals surface area contributed by atoms with Gasteiger partial charge >= 0.3 is 0 Å². The molecule has 0 bridgehead atoms. The van der Waals surface area contributed by atoms with Crippen molar-refractivity contribution >= 4 is 27.3 Å². The lowest BCUT2D eigenvalue weighted by Gasteiger charge is -2.36. The topological polar surface area (TPSA) is 0 Å². The van der Waals surface area contributed by atoms with Crippen LogP contribution in [0.1, 0.15) is 50.8 Å². The van der Waals surface area contributed by atoms with E-state index in [2.05, 4.69) is 47.3 Å². The molecular formula is C15H23BrS. The van der Waals surface area contributed by atoms with E-state index >= 15 is 0 Å². The third kappa shape index (κ3) is 3.35. The van der Waals surface area contributed by atoms with Crippen molar-refractivity contribution in [1.82, 2.24) is 0 Å². The van der Waals surface area contributed by atoms with E-state index in [-0.39, 0.29) is 0 Å². The zero-order chi connectivity index (χ0) is 12.3. The normalized spacial score (nSPS) is 20.9. The molecule has 0 saturated heterocycles. The summed E-state index contributed by atoms with van der Waals surface area (Å²) in [4.78, 5) is 2.19. The molecule has 1 unspecified atom stereocenters. The van der Waals surface area contributed by atoms with E-state index in [0.29, 0.717) is 10.2 Å². The van der Waals surface area contributed by atoms with Gasteiger partial charge in [-0.2, -0.15) is 0 Å². The second-order valence-corrected chi connectivity index (χ2v) is 8.06. The van der Waals surface area contributed by atoms with Gasteiger partial charge in [-0.05, 0) is 48.5 Å². The molecule has 1 atom stereocenters. The molecule has 1 aliphatic rings. The van der Waals surface area contributed by atoms with E-state index < -0.39 is 0 Å². The Morgan fingerprint density at radius 3 is 2.59 bits per heavy atom. The van der Waals surface area contributed by atoms with Gasteiger partial charge in [0.15, 0.2) is 0 Å². The molecule has 17 heavy (non-hydrogen) atoms. The smallest absolute Gasteiger partial charge is 0.0250 e. The van der Waals surface area contributed by atoms with E-state index in [4.69, 9.17) is 0 Å². The van der Waals surface area contributed by atoms with E-state index in [1.807, 2.05) is 11.3 Å². The first-order chi connectivity index (χ1) is 8.12. The summed E-state index contributed by atoms with van der Waals surface area (Å²) < 4.78 is 0. The highest BCUT2D eigenvalue weighted by atomic mass is 79.9. The summed E-state index contributed by atoms with van der Waals surface area (Å²) in [6.45, 7) is 4.73. The van der Waals surface area contributed by atoms with Crippen molar-refractivity contribution in [3.05, 3.63) is 22.4 Å². The molecule has 1 aliphatic carbocycles. The van der Waals surface area contributed by atoms with Crippen molar-refractivity contribution in [1.29, 1.82) is 0 Å². The average Bonchev–Trinajstić information content (AvgIpc) is 2.88. The van der Waals surface area contributed by atoms with Crippen molar-refractivity contribution in [2.75, 3.05) is 0 Å². The predicted octanol–water partition coefficient (Wildman–Crippen LogP) is 5.66. The second-order valence-electron chi connectivity index (χ2n) is 5.92. The Hall–Kier alpha value is 0.180. The van der Waals surface area contributed by atoms with Gasteiger partial charge in [0.25, 0.3) is 0 Å². The maximum atomic E-state index is 4.02. The molecule has 0 aliphatic heterocycles. The molecule has 0 radical (unpaired) electrons. The first-order valence-corrected chi connectivity index (χ1v) is 8.58. The minimum Gasteiger partial charge on any atom is -0.149 e. The quantitative estimate of drug-likeness (QED) is 0.615. The maximum absolute atomic E-state index is 4.02.